The van der Waals surface area contributed by atoms with Crippen molar-refractivity contribution in [3.63, 3.8) is 0 Å². The maximum atomic E-state index is 5.70. The van der Waals surface area contributed by atoms with Gasteiger partial charge in [-0.25, -0.2) is 0 Å². The summed E-state index contributed by atoms with van der Waals surface area (Å²) in [7, 11) is 0. The molecule has 0 aliphatic heterocycles. The molecule has 1 aliphatic rings. The molecule has 0 amide bonds. The van der Waals surface area contributed by atoms with Gasteiger partial charge in [0.1, 0.15) is 0 Å². The van der Waals surface area contributed by atoms with Crippen LogP contribution in [-0.4, -0.2) is 18.8 Å². The normalized spacial score (nSPS) is 23.2. The number of rotatable bonds is 5. The largest absolute Gasteiger partial charge is 0.374 e. The van der Waals surface area contributed by atoms with Gasteiger partial charge >= 0.3 is 0 Å². The molecule has 1 unspecified atom stereocenters. The first kappa shape index (κ1) is 10.0. The first-order valence-electron chi connectivity index (χ1n) is 5.04. The smallest absolute Gasteiger partial charge is 0.0778 e. The van der Waals surface area contributed by atoms with Gasteiger partial charge in [0.25, 0.3) is 0 Å². The third kappa shape index (κ3) is 2.46. The Morgan fingerprint density at radius 3 is 2.50 bits per heavy atom. The van der Waals surface area contributed by atoms with Gasteiger partial charge in [-0.1, -0.05) is 19.3 Å². The summed E-state index contributed by atoms with van der Waals surface area (Å²) < 4.78 is 5.66. The van der Waals surface area contributed by atoms with Crippen molar-refractivity contribution in [1.29, 1.82) is 0 Å². The van der Waals surface area contributed by atoms with Crippen LogP contribution in [0.2, 0.25) is 0 Å². The fraction of sp³-hybridized carbons (Fsp3) is 1.00. The van der Waals surface area contributed by atoms with Gasteiger partial charge in [-0.15, -0.1) is 0 Å². The first-order valence-corrected chi connectivity index (χ1v) is 5.04. The van der Waals surface area contributed by atoms with Crippen molar-refractivity contribution in [2.24, 2.45) is 11.7 Å². The molecule has 1 rings (SSSR count). The summed E-state index contributed by atoms with van der Waals surface area (Å²) in [5.74, 6) is 0.880. The molecule has 1 aliphatic carbocycles. The Morgan fingerprint density at radius 1 is 1.50 bits per heavy atom. The second kappa shape index (κ2) is 4.24. The minimum Gasteiger partial charge on any atom is -0.374 e. The number of hydrogen-bond donors (Lipinski definition) is 1. The molecule has 72 valence electrons. The van der Waals surface area contributed by atoms with Gasteiger partial charge in [-0.2, -0.15) is 0 Å². The lowest BCUT2D eigenvalue weighted by molar-refractivity contribution is -0.0423. The maximum Gasteiger partial charge on any atom is 0.0778 e. The van der Waals surface area contributed by atoms with Crippen LogP contribution in [0.5, 0.6) is 0 Å². The molecule has 1 saturated carbocycles. The van der Waals surface area contributed by atoms with E-state index in [1.807, 2.05) is 6.92 Å². The third-order valence-corrected chi connectivity index (χ3v) is 2.87. The van der Waals surface area contributed by atoms with E-state index in [4.69, 9.17) is 10.5 Å². The van der Waals surface area contributed by atoms with Crippen molar-refractivity contribution in [3.05, 3.63) is 0 Å². The second-order valence-corrected chi connectivity index (χ2v) is 4.09. The molecule has 12 heavy (non-hydrogen) atoms. The summed E-state index contributed by atoms with van der Waals surface area (Å²) in [6.07, 6.45) is 5.31. The van der Waals surface area contributed by atoms with Crippen molar-refractivity contribution in [1.82, 2.24) is 0 Å². The summed E-state index contributed by atoms with van der Waals surface area (Å²) in [6.45, 7) is 5.60. The minimum absolute atomic E-state index is 0.0557. The van der Waals surface area contributed by atoms with Crippen LogP contribution in [0.15, 0.2) is 0 Å². The summed E-state index contributed by atoms with van der Waals surface area (Å²) >= 11 is 0. The monoisotopic (exact) mass is 171 g/mol. The summed E-state index contributed by atoms with van der Waals surface area (Å²) in [4.78, 5) is 0. The molecule has 0 spiro atoms. The van der Waals surface area contributed by atoms with Crippen LogP contribution in [0.3, 0.4) is 0 Å². The molecular weight excluding hydrogens is 150 g/mol. The van der Waals surface area contributed by atoms with E-state index in [0.717, 1.165) is 18.9 Å². The Bertz CT molecular complexity index is 134. The molecule has 0 aromatic rings. The van der Waals surface area contributed by atoms with Crippen LogP contribution >= 0.6 is 0 Å². The highest BCUT2D eigenvalue weighted by molar-refractivity contribution is 4.83. The number of nitrogens with two attached hydrogens (primary N) is 1. The van der Waals surface area contributed by atoms with E-state index in [9.17, 15) is 0 Å². The predicted molar refractivity (Wildman–Crippen MR) is 51.0 cm³/mol. The lowest BCUT2D eigenvalue weighted by Gasteiger charge is -2.36. The van der Waals surface area contributed by atoms with Crippen LogP contribution in [0.25, 0.3) is 0 Å². The van der Waals surface area contributed by atoms with Crippen molar-refractivity contribution in [2.75, 3.05) is 13.2 Å². The Hall–Kier alpha value is -0.0800. The zero-order valence-electron chi connectivity index (χ0n) is 8.31. The summed E-state index contributed by atoms with van der Waals surface area (Å²) in [5, 5.41) is 0. The highest BCUT2D eigenvalue weighted by Crippen LogP contribution is 2.34. The molecule has 2 N–H and O–H groups in total. The second-order valence-electron chi connectivity index (χ2n) is 4.09. The van der Waals surface area contributed by atoms with Crippen LogP contribution in [0, 0.1) is 5.92 Å². The molecule has 0 bridgehead atoms. The molecule has 0 heterocycles. The van der Waals surface area contributed by atoms with Gasteiger partial charge in [0.2, 0.25) is 0 Å². The topological polar surface area (TPSA) is 35.2 Å². The quantitative estimate of drug-likeness (QED) is 0.686. The molecular formula is C10H21NO. The van der Waals surface area contributed by atoms with Crippen molar-refractivity contribution in [3.8, 4) is 0 Å². The van der Waals surface area contributed by atoms with Gasteiger partial charge in [-0.05, 0) is 26.2 Å². The lowest BCUT2D eigenvalue weighted by atomic mass is 9.78. The Labute approximate surface area is 75.5 Å². The highest BCUT2D eigenvalue weighted by atomic mass is 16.5. The third-order valence-electron chi connectivity index (χ3n) is 2.87. The minimum atomic E-state index is -0.0557. The predicted octanol–water partition coefficient (Wildman–Crippen LogP) is 1.93. The van der Waals surface area contributed by atoms with Gasteiger partial charge in [0.05, 0.1) is 5.60 Å². The van der Waals surface area contributed by atoms with Crippen LogP contribution < -0.4 is 5.73 Å². The van der Waals surface area contributed by atoms with E-state index < -0.39 is 0 Å². The number of hydrogen-bond acceptors (Lipinski definition) is 2. The molecule has 2 nitrogen and oxygen atoms in total. The molecule has 1 atom stereocenters. The number of ether oxygens (including phenoxy) is 1. The zero-order valence-corrected chi connectivity index (χ0v) is 8.31. The average Bonchev–Trinajstić information content (AvgIpc) is 1.98. The molecule has 0 radical (unpaired) electrons. The Balaban J connectivity index is 2.30. The van der Waals surface area contributed by atoms with Crippen molar-refractivity contribution >= 4 is 0 Å². The summed E-state index contributed by atoms with van der Waals surface area (Å²) in [5.41, 5.74) is 5.64. The molecule has 2 heteroatoms. The van der Waals surface area contributed by atoms with Gasteiger partial charge < -0.3 is 10.5 Å². The fourth-order valence-electron chi connectivity index (χ4n) is 1.86. The SMILES string of the molecule is CCOC(C)(CN)CC1CCC1. The molecule has 0 aromatic heterocycles. The molecule has 0 saturated heterocycles. The molecule has 1 fully saturated rings. The van der Waals surface area contributed by atoms with E-state index in [-0.39, 0.29) is 5.60 Å². The van der Waals surface area contributed by atoms with E-state index in [1.165, 1.54) is 19.3 Å². The van der Waals surface area contributed by atoms with E-state index in [0.29, 0.717) is 6.54 Å². The van der Waals surface area contributed by atoms with Gasteiger partial charge in [0.15, 0.2) is 0 Å². The van der Waals surface area contributed by atoms with Gasteiger partial charge in [0, 0.05) is 13.2 Å². The van der Waals surface area contributed by atoms with Gasteiger partial charge in [-0.3, -0.25) is 0 Å². The van der Waals surface area contributed by atoms with Crippen molar-refractivity contribution < 1.29 is 4.74 Å². The standard InChI is InChI=1S/C10H21NO/c1-3-12-10(2,8-11)7-9-5-4-6-9/h9H,3-8,11H2,1-2H3. The Morgan fingerprint density at radius 2 is 2.17 bits per heavy atom. The fourth-order valence-corrected chi connectivity index (χ4v) is 1.86. The van der Waals surface area contributed by atoms with Crippen LogP contribution in [0.1, 0.15) is 39.5 Å². The summed E-state index contributed by atoms with van der Waals surface area (Å²) in [6, 6.07) is 0. The van der Waals surface area contributed by atoms with E-state index >= 15 is 0 Å². The lowest BCUT2D eigenvalue weighted by Crippen LogP contribution is -2.40. The molecule has 0 aromatic carbocycles. The van der Waals surface area contributed by atoms with Crippen LogP contribution in [0.4, 0.5) is 0 Å². The van der Waals surface area contributed by atoms with Crippen LogP contribution in [-0.2, 0) is 4.74 Å². The van der Waals surface area contributed by atoms with E-state index in [1.54, 1.807) is 0 Å². The van der Waals surface area contributed by atoms with Crippen molar-refractivity contribution in [2.45, 2.75) is 45.1 Å². The Kier molecular flexibility index (Phi) is 3.53. The van der Waals surface area contributed by atoms with E-state index in [2.05, 4.69) is 6.92 Å². The first-order chi connectivity index (χ1) is 5.70. The zero-order chi connectivity index (χ0) is 9.03. The average molecular weight is 171 g/mol. The highest BCUT2D eigenvalue weighted by Gasteiger charge is 2.30. The maximum absolute atomic E-state index is 5.70.